The summed E-state index contributed by atoms with van der Waals surface area (Å²) in [5.74, 6) is -0.627. The van der Waals surface area contributed by atoms with E-state index in [1.807, 2.05) is 6.08 Å². The standard InChI is InChI=1S/C15H9BO2/c16-9-6-7-12-13(8-9)15(18)11-5-3-1-2-4-10(11)14(12)17/h1-8,10H. The first-order valence-electron chi connectivity index (χ1n) is 5.72. The molecular formula is C15H9BO2. The van der Waals surface area contributed by atoms with Crippen LogP contribution in [0.5, 0.6) is 0 Å². The molecule has 0 amide bonds. The zero-order valence-electron chi connectivity index (χ0n) is 9.59. The molecule has 1 aromatic carbocycles. The Labute approximate surface area is 106 Å². The Morgan fingerprint density at radius 2 is 1.83 bits per heavy atom. The van der Waals surface area contributed by atoms with Gasteiger partial charge in [-0.25, -0.2) is 0 Å². The summed E-state index contributed by atoms with van der Waals surface area (Å²) in [5, 5.41) is 0. The van der Waals surface area contributed by atoms with Gasteiger partial charge < -0.3 is 0 Å². The van der Waals surface area contributed by atoms with Gasteiger partial charge in [0.25, 0.3) is 0 Å². The van der Waals surface area contributed by atoms with E-state index in [4.69, 9.17) is 7.85 Å². The van der Waals surface area contributed by atoms with Crippen molar-refractivity contribution < 1.29 is 9.59 Å². The summed E-state index contributed by atoms with van der Waals surface area (Å²) in [7, 11) is 5.68. The molecule has 0 N–H and O–H groups in total. The largest absolute Gasteiger partial charge is 0.293 e. The number of fused-ring (bicyclic) bond motifs is 2. The van der Waals surface area contributed by atoms with Gasteiger partial charge in [0.15, 0.2) is 11.6 Å². The Balaban J connectivity index is 2.25. The molecule has 3 rings (SSSR count). The molecule has 0 saturated heterocycles. The Hall–Kier alpha value is -2.16. The highest BCUT2D eigenvalue weighted by molar-refractivity contribution is 6.34. The molecule has 1 atom stereocenters. The Morgan fingerprint density at radius 1 is 1.00 bits per heavy atom. The van der Waals surface area contributed by atoms with Crippen molar-refractivity contribution in [2.24, 2.45) is 5.92 Å². The lowest BCUT2D eigenvalue weighted by Gasteiger charge is -2.23. The van der Waals surface area contributed by atoms with Gasteiger partial charge in [0, 0.05) is 16.7 Å². The summed E-state index contributed by atoms with van der Waals surface area (Å²) in [6.45, 7) is 0. The van der Waals surface area contributed by atoms with Crippen LogP contribution in [-0.4, -0.2) is 19.4 Å². The van der Waals surface area contributed by atoms with E-state index < -0.39 is 5.92 Å². The van der Waals surface area contributed by atoms with Crippen LogP contribution in [0.25, 0.3) is 0 Å². The number of carbonyl (C=O) groups is 2. The summed E-state index contributed by atoms with van der Waals surface area (Å²) < 4.78 is 0. The lowest BCUT2D eigenvalue weighted by atomic mass is 9.76. The molecule has 2 radical (unpaired) electrons. The first-order chi connectivity index (χ1) is 8.68. The van der Waals surface area contributed by atoms with E-state index in [0.29, 0.717) is 22.2 Å². The van der Waals surface area contributed by atoms with Crippen molar-refractivity contribution >= 4 is 24.9 Å². The highest BCUT2D eigenvalue weighted by Crippen LogP contribution is 2.31. The van der Waals surface area contributed by atoms with Gasteiger partial charge in [-0.3, -0.25) is 9.59 Å². The van der Waals surface area contributed by atoms with E-state index in [1.54, 1.807) is 42.5 Å². The summed E-state index contributed by atoms with van der Waals surface area (Å²) >= 11 is 0. The van der Waals surface area contributed by atoms with Crippen molar-refractivity contribution in [2.75, 3.05) is 0 Å². The molecule has 0 fully saturated rings. The maximum Gasteiger partial charge on any atom is 0.190 e. The molecule has 18 heavy (non-hydrogen) atoms. The minimum Gasteiger partial charge on any atom is -0.293 e. The van der Waals surface area contributed by atoms with E-state index in [9.17, 15) is 9.59 Å². The number of benzene rings is 1. The Bertz CT molecular complexity index is 650. The average molecular weight is 232 g/mol. The van der Waals surface area contributed by atoms with Crippen LogP contribution in [0.4, 0.5) is 0 Å². The van der Waals surface area contributed by atoms with E-state index in [0.717, 1.165) is 0 Å². The normalized spacial score (nSPS) is 21.1. The number of ketones is 2. The second kappa shape index (κ2) is 3.95. The lowest BCUT2D eigenvalue weighted by molar-refractivity contribution is 0.0904. The lowest BCUT2D eigenvalue weighted by Crippen LogP contribution is -2.29. The second-order valence-electron chi connectivity index (χ2n) is 4.37. The monoisotopic (exact) mass is 232 g/mol. The number of hydrogen-bond acceptors (Lipinski definition) is 2. The number of Topliss-reactive ketones (excluding diaryl/α,β-unsaturated/α-hetero) is 2. The summed E-state index contributed by atoms with van der Waals surface area (Å²) in [4.78, 5) is 24.7. The molecule has 3 heteroatoms. The zero-order chi connectivity index (χ0) is 12.7. The van der Waals surface area contributed by atoms with Gasteiger partial charge in [0.05, 0.1) is 5.92 Å². The molecule has 0 heterocycles. The highest BCUT2D eigenvalue weighted by Gasteiger charge is 2.35. The molecule has 84 valence electrons. The van der Waals surface area contributed by atoms with Crippen molar-refractivity contribution in [1.29, 1.82) is 0 Å². The number of hydrogen-bond donors (Lipinski definition) is 0. The van der Waals surface area contributed by atoms with E-state index >= 15 is 0 Å². The second-order valence-corrected chi connectivity index (χ2v) is 4.37. The fourth-order valence-corrected chi connectivity index (χ4v) is 2.34. The highest BCUT2D eigenvalue weighted by atomic mass is 16.1. The number of rotatable bonds is 0. The van der Waals surface area contributed by atoms with Crippen LogP contribution in [-0.2, 0) is 0 Å². The minimum absolute atomic E-state index is 0.0456. The van der Waals surface area contributed by atoms with Gasteiger partial charge in [0.1, 0.15) is 7.85 Å². The maximum atomic E-state index is 12.4. The van der Waals surface area contributed by atoms with Gasteiger partial charge in [0.2, 0.25) is 0 Å². The molecule has 0 saturated carbocycles. The SMILES string of the molecule is [B]c1ccc2c(c1)C(=O)C1=CC=CC=CC1C2=O. The fourth-order valence-electron chi connectivity index (χ4n) is 2.34. The molecule has 2 aliphatic carbocycles. The predicted molar refractivity (Wildman–Crippen MR) is 70.3 cm³/mol. The molecule has 2 nitrogen and oxygen atoms in total. The van der Waals surface area contributed by atoms with E-state index in [-0.39, 0.29) is 11.6 Å². The van der Waals surface area contributed by atoms with Crippen LogP contribution in [0.1, 0.15) is 20.7 Å². The Kier molecular flexibility index (Phi) is 2.41. The van der Waals surface area contributed by atoms with Crippen LogP contribution in [0, 0.1) is 5.92 Å². The van der Waals surface area contributed by atoms with E-state index in [2.05, 4.69) is 0 Å². The van der Waals surface area contributed by atoms with Crippen LogP contribution in [0.15, 0.2) is 54.2 Å². The Morgan fingerprint density at radius 3 is 2.67 bits per heavy atom. The third kappa shape index (κ3) is 1.51. The van der Waals surface area contributed by atoms with Crippen LogP contribution in [0.2, 0.25) is 0 Å². The smallest absolute Gasteiger partial charge is 0.190 e. The van der Waals surface area contributed by atoms with Crippen LogP contribution < -0.4 is 5.46 Å². The summed E-state index contributed by atoms with van der Waals surface area (Å²) in [5.41, 5.74) is 1.88. The summed E-state index contributed by atoms with van der Waals surface area (Å²) in [6.07, 6.45) is 8.84. The topological polar surface area (TPSA) is 34.1 Å². The van der Waals surface area contributed by atoms with Gasteiger partial charge in [-0.1, -0.05) is 54.0 Å². The molecule has 0 bridgehead atoms. The molecule has 2 aliphatic rings. The summed E-state index contributed by atoms with van der Waals surface area (Å²) in [6, 6.07) is 4.86. The van der Waals surface area contributed by atoms with Crippen molar-refractivity contribution in [3.8, 4) is 0 Å². The van der Waals surface area contributed by atoms with Crippen LogP contribution >= 0.6 is 0 Å². The zero-order valence-corrected chi connectivity index (χ0v) is 9.59. The predicted octanol–water partition coefficient (Wildman–Crippen LogP) is 1.53. The molecular weight excluding hydrogens is 223 g/mol. The molecule has 0 aromatic heterocycles. The first kappa shape index (κ1) is 11.0. The van der Waals surface area contributed by atoms with Crippen molar-refractivity contribution in [3.63, 3.8) is 0 Å². The third-order valence-electron chi connectivity index (χ3n) is 3.23. The molecule has 0 spiro atoms. The quantitative estimate of drug-likeness (QED) is 0.635. The fraction of sp³-hybridized carbons (Fsp3) is 0.0667. The molecule has 1 unspecified atom stereocenters. The van der Waals surface area contributed by atoms with Crippen molar-refractivity contribution in [2.45, 2.75) is 0 Å². The van der Waals surface area contributed by atoms with Crippen molar-refractivity contribution in [1.82, 2.24) is 0 Å². The van der Waals surface area contributed by atoms with Gasteiger partial charge in [-0.15, -0.1) is 0 Å². The number of carbonyl (C=O) groups excluding carboxylic acids is 2. The van der Waals surface area contributed by atoms with Crippen LogP contribution in [0.3, 0.4) is 0 Å². The number of allylic oxidation sites excluding steroid dienone is 6. The van der Waals surface area contributed by atoms with Gasteiger partial charge in [-0.2, -0.15) is 0 Å². The van der Waals surface area contributed by atoms with E-state index in [1.165, 1.54) is 0 Å². The van der Waals surface area contributed by atoms with Gasteiger partial charge in [-0.05, 0) is 0 Å². The molecule has 1 aromatic rings. The van der Waals surface area contributed by atoms with Gasteiger partial charge >= 0.3 is 0 Å². The third-order valence-corrected chi connectivity index (χ3v) is 3.23. The molecule has 0 aliphatic heterocycles. The minimum atomic E-state index is -0.469. The van der Waals surface area contributed by atoms with Crippen molar-refractivity contribution in [3.05, 3.63) is 65.3 Å². The average Bonchev–Trinajstić information content (AvgIpc) is 2.61. The maximum absolute atomic E-state index is 12.4. The first-order valence-corrected chi connectivity index (χ1v) is 5.72.